The van der Waals surface area contributed by atoms with Crippen molar-refractivity contribution >= 4 is 39.8 Å². The maximum absolute atomic E-state index is 10.6. The fourth-order valence-corrected chi connectivity index (χ4v) is 2.00. The molecule has 0 unspecified atom stereocenters. The van der Waals surface area contributed by atoms with Crippen molar-refractivity contribution in [1.82, 2.24) is 9.97 Å². The van der Waals surface area contributed by atoms with Crippen LogP contribution in [0, 0.1) is 0 Å². The number of aldehydes is 1. The summed E-state index contributed by atoms with van der Waals surface area (Å²) < 4.78 is 0. The van der Waals surface area contributed by atoms with Crippen LogP contribution in [0.4, 0.5) is 0 Å². The largest absolute Gasteiger partial charge is 0.353 e. The van der Waals surface area contributed by atoms with Gasteiger partial charge in [0.25, 0.3) is 0 Å². The van der Waals surface area contributed by atoms with Gasteiger partial charge in [0.15, 0.2) is 6.29 Å². The van der Waals surface area contributed by atoms with Crippen molar-refractivity contribution in [2.24, 2.45) is 0 Å². The molecule has 0 aliphatic carbocycles. The fraction of sp³-hybridized carbons (Fsp3) is 0. The monoisotopic (exact) mass is 218 g/mol. The summed E-state index contributed by atoms with van der Waals surface area (Å²) in [6.07, 6.45) is 0.801. The Labute approximate surface area is 90.0 Å². The first-order chi connectivity index (χ1) is 7.28. The van der Waals surface area contributed by atoms with Crippen molar-refractivity contribution in [2.75, 3.05) is 0 Å². The van der Waals surface area contributed by atoms with Crippen molar-refractivity contribution in [1.29, 1.82) is 0 Å². The van der Waals surface area contributed by atoms with E-state index in [2.05, 4.69) is 9.97 Å². The summed E-state index contributed by atoms with van der Waals surface area (Å²) in [4.78, 5) is 16.8. The third kappa shape index (κ3) is 1.17. The normalized spacial score (nSPS) is 11.3. The first-order valence-electron chi connectivity index (χ1n) is 4.53. The van der Waals surface area contributed by atoms with Crippen molar-refractivity contribution in [2.45, 2.75) is 0 Å². The van der Waals surface area contributed by atoms with E-state index in [4.69, 9.17) is 11.6 Å². The summed E-state index contributed by atoms with van der Waals surface area (Å²) in [5.41, 5.74) is 3.42. The van der Waals surface area contributed by atoms with Crippen LogP contribution in [0.3, 0.4) is 0 Å². The van der Waals surface area contributed by atoms with Gasteiger partial charge < -0.3 is 9.97 Å². The lowest BCUT2D eigenvalue weighted by Crippen LogP contribution is -1.76. The summed E-state index contributed by atoms with van der Waals surface area (Å²) in [5.74, 6) is 0. The quantitative estimate of drug-likeness (QED) is 0.606. The lowest BCUT2D eigenvalue weighted by molar-refractivity contribution is 0.112. The SMILES string of the molecule is O=Cc1cc2[nH]c3cc(Cl)ccc3c2[nH]1. The molecule has 0 spiro atoms. The Balaban J connectivity index is 2.45. The Morgan fingerprint density at radius 2 is 2.00 bits per heavy atom. The van der Waals surface area contributed by atoms with Crippen LogP contribution in [0.15, 0.2) is 24.3 Å². The van der Waals surface area contributed by atoms with Gasteiger partial charge in [0.2, 0.25) is 0 Å². The molecule has 0 saturated heterocycles. The second-order valence-corrected chi connectivity index (χ2v) is 3.88. The summed E-state index contributed by atoms with van der Waals surface area (Å²) in [5, 5.41) is 1.74. The number of nitrogens with one attached hydrogen (secondary N) is 2. The van der Waals surface area contributed by atoms with E-state index in [0.29, 0.717) is 10.7 Å². The number of hydrogen-bond donors (Lipinski definition) is 2. The van der Waals surface area contributed by atoms with Gasteiger partial charge in [0.05, 0.1) is 16.7 Å². The second-order valence-electron chi connectivity index (χ2n) is 3.45. The molecule has 3 rings (SSSR count). The van der Waals surface area contributed by atoms with Crippen LogP contribution in [0.5, 0.6) is 0 Å². The summed E-state index contributed by atoms with van der Waals surface area (Å²) in [7, 11) is 0. The fourth-order valence-electron chi connectivity index (χ4n) is 1.83. The number of fused-ring (bicyclic) bond motifs is 3. The van der Waals surface area contributed by atoms with Crippen LogP contribution in [-0.2, 0) is 0 Å². The number of halogens is 1. The maximum atomic E-state index is 10.6. The zero-order chi connectivity index (χ0) is 10.4. The van der Waals surface area contributed by atoms with Gasteiger partial charge in [-0.1, -0.05) is 11.6 Å². The number of benzene rings is 1. The van der Waals surface area contributed by atoms with Gasteiger partial charge in [-0.15, -0.1) is 0 Å². The molecule has 0 fully saturated rings. The highest BCUT2D eigenvalue weighted by molar-refractivity contribution is 6.31. The highest BCUT2D eigenvalue weighted by atomic mass is 35.5. The molecule has 3 aromatic rings. The molecule has 0 aliphatic heterocycles. The average Bonchev–Trinajstić information content (AvgIpc) is 2.73. The Morgan fingerprint density at radius 3 is 2.80 bits per heavy atom. The Morgan fingerprint density at radius 1 is 1.13 bits per heavy atom. The molecule has 0 atom stereocenters. The minimum absolute atomic E-state index is 0.577. The third-order valence-corrected chi connectivity index (χ3v) is 2.72. The molecule has 2 aromatic heterocycles. The maximum Gasteiger partial charge on any atom is 0.166 e. The molecule has 2 heterocycles. The molecule has 2 N–H and O–H groups in total. The highest BCUT2D eigenvalue weighted by Gasteiger charge is 2.07. The number of carbonyl (C=O) groups is 1. The lowest BCUT2D eigenvalue weighted by Gasteiger charge is -1.91. The highest BCUT2D eigenvalue weighted by Crippen LogP contribution is 2.27. The van der Waals surface area contributed by atoms with Crippen LogP contribution in [-0.4, -0.2) is 16.3 Å². The van der Waals surface area contributed by atoms with Gasteiger partial charge >= 0.3 is 0 Å². The van der Waals surface area contributed by atoms with Crippen molar-refractivity contribution < 1.29 is 4.79 Å². The molecule has 4 heteroatoms. The Kier molecular flexibility index (Phi) is 1.64. The zero-order valence-electron chi connectivity index (χ0n) is 7.67. The molecule has 0 bridgehead atoms. The van der Waals surface area contributed by atoms with E-state index < -0.39 is 0 Å². The Hall–Kier alpha value is -1.74. The zero-order valence-corrected chi connectivity index (χ0v) is 8.43. The van der Waals surface area contributed by atoms with Gasteiger partial charge in [-0.25, -0.2) is 0 Å². The molecular weight excluding hydrogens is 212 g/mol. The first kappa shape index (κ1) is 8.56. The van der Waals surface area contributed by atoms with Crippen LogP contribution < -0.4 is 0 Å². The Bertz CT molecular complexity index is 666. The van der Waals surface area contributed by atoms with Crippen LogP contribution in [0.25, 0.3) is 21.9 Å². The molecule has 3 nitrogen and oxygen atoms in total. The summed E-state index contributed by atoms with van der Waals surface area (Å²) in [6, 6.07) is 7.42. The molecule has 0 radical (unpaired) electrons. The smallest absolute Gasteiger partial charge is 0.166 e. The van der Waals surface area contributed by atoms with E-state index >= 15 is 0 Å². The van der Waals surface area contributed by atoms with Crippen molar-refractivity contribution in [3.05, 3.63) is 35.0 Å². The number of rotatable bonds is 1. The number of carbonyl (C=O) groups excluding carboxylic acids is 1. The molecule has 0 saturated carbocycles. The minimum atomic E-state index is 0.577. The summed E-state index contributed by atoms with van der Waals surface area (Å²) in [6.45, 7) is 0. The van der Waals surface area contributed by atoms with E-state index in [1.54, 1.807) is 6.07 Å². The van der Waals surface area contributed by atoms with Gasteiger partial charge in [0, 0.05) is 15.9 Å². The van der Waals surface area contributed by atoms with Gasteiger partial charge in [-0.05, 0) is 24.3 Å². The van der Waals surface area contributed by atoms with Crippen molar-refractivity contribution in [3.8, 4) is 0 Å². The average molecular weight is 219 g/mol. The van der Waals surface area contributed by atoms with E-state index in [0.717, 1.165) is 28.2 Å². The van der Waals surface area contributed by atoms with E-state index in [9.17, 15) is 4.79 Å². The van der Waals surface area contributed by atoms with Crippen LogP contribution >= 0.6 is 11.6 Å². The topological polar surface area (TPSA) is 48.6 Å². The standard InChI is InChI=1S/C11H7ClN2O/c12-6-1-2-8-9(3-6)14-10-4-7(5-15)13-11(8)10/h1-5,13-14H. The predicted octanol–water partition coefficient (Wildman–Crippen LogP) is 3.12. The minimum Gasteiger partial charge on any atom is -0.353 e. The molecular formula is C11H7ClN2O. The first-order valence-corrected chi connectivity index (χ1v) is 4.91. The third-order valence-electron chi connectivity index (χ3n) is 2.49. The van der Waals surface area contributed by atoms with Gasteiger partial charge in [-0.3, -0.25) is 4.79 Å². The lowest BCUT2D eigenvalue weighted by atomic mass is 10.2. The van der Waals surface area contributed by atoms with E-state index in [1.165, 1.54) is 0 Å². The van der Waals surface area contributed by atoms with E-state index in [-0.39, 0.29) is 0 Å². The number of aromatic nitrogens is 2. The number of aromatic amines is 2. The number of H-pyrrole nitrogens is 2. The molecule has 15 heavy (non-hydrogen) atoms. The summed E-state index contributed by atoms with van der Waals surface area (Å²) >= 11 is 5.89. The second kappa shape index (κ2) is 2.87. The molecule has 0 aliphatic rings. The van der Waals surface area contributed by atoms with Gasteiger partial charge in [0.1, 0.15) is 0 Å². The number of hydrogen-bond acceptors (Lipinski definition) is 1. The predicted molar refractivity (Wildman–Crippen MR) is 60.6 cm³/mol. The van der Waals surface area contributed by atoms with Crippen molar-refractivity contribution in [3.63, 3.8) is 0 Å². The molecule has 1 aromatic carbocycles. The molecule has 74 valence electrons. The van der Waals surface area contributed by atoms with Crippen LogP contribution in [0.1, 0.15) is 10.5 Å². The van der Waals surface area contributed by atoms with Crippen LogP contribution in [0.2, 0.25) is 5.02 Å². The van der Waals surface area contributed by atoms with Gasteiger partial charge in [-0.2, -0.15) is 0 Å². The van der Waals surface area contributed by atoms with E-state index in [1.807, 2.05) is 18.2 Å². The molecule has 0 amide bonds.